The Morgan fingerprint density at radius 2 is 1.90 bits per heavy atom. The topological polar surface area (TPSA) is 55.4 Å². The predicted octanol–water partition coefficient (Wildman–Crippen LogP) is 3.19. The first-order valence-corrected chi connectivity index (χ1v) is 7.64. The number of hydrogen-bond acceptors (Lipinski definition) is 3. The minimum atomic E-state index is -0.598. The Balaban J connectivity index is 2.13. The van der Waals surface area contributed by atoms with E-state index in [-0.39, 0.29) is 17.8 Å². The second-order valence-electron chi connectivity index (χ2n) is 5.35. The number of halogens is 1. The molecule has 21 heavy (non-hydrogen) atoms. The molecule has 0 bridgehead atoms. The molecule has 1 aromatic carbocycles. The quantitative estimate of drug-likeness (QED) is 0.869. The zero-order valence-corrected chi connectivity index (χ0v) is 12.9. The molecule has 4 nitrogen and oxygen atoms in total. The molecule has 1 amide bonds. The van der Waals surface area contributed by atoms with E-state index in [1.807, 2.05) is 0 Å². The molecule has 1 aromatic rings. The van der Waals surface area contributed by atoms with Gasteiger partial charge in [0, 0.05) is 0 Å². The monoisotopic (exact) mass is 309 g/mol. The maximum atomic E-state index is 12.3. The number of nitrogens with one attached hydrogen (secondary N) is 1. The SMILES string of the molecule is COC(=O)[C@H](NC(=O)c1ccccc1Cl)C1CCCCC1. The van der Waals surface area contributed by atoms with Gasteiger partial charge in [-0.15, -0.1) is 0 Å². The lowest BCUT2D eigenvalue weighted by Gasteiger charge is -2.29. The van der Waals surface area contributed by atoms with Crippen molar-refractivity contribution in [3.63, 3.8) is 0 Å². The maximum absolute atomic E-state index is 12.3. The Kier molecular flexibility index (Phi) is 5.62. The molecule has 0 heterocycles. The van der Waals surface area contributed by atoms with Crippen molar-refractivity contribution in [3.05, 3.63) is 34.9 Å². The average molecular weight is 310 g/mol. The van der Waals surface area contributed by atoms with Crippen LogP contribution in [-0.4, -0.2) is 25.0 Å². The van der Waals surface area contributed by atoms with Gasteiger partial charge in [-0.05, 0) is 30.9 Å². The van der Waals surface area contributed by atoms with Crippen LogP contribution in [-0.2, 0) is 9.53 Å². The van der Waals surface area contributed by atoms with Gasteiger partial charge in [0.05, 0.1) is 17.7 Å². The summed E-state index contributed by atoms with van der Waals surface area (Å²) < 4.78 is 4.85. The van der Waals surface area contributed by atoms with E-state index in [4.69, 9.17) is 16.3 Å². The van der Waals surface area contributed by atoms with E-state index in [2.05, 4.69) is 5.32 Å². The molecule has 0 spiro atoms. The Bertz CT molecular complexity index is 512. The molecule has 1 saturated carbocycles. The number of esters is 1. The number of methoxy groups -OCH3 is 1. The number of rotatable bonds is 4. The minimum absolute atomic E-state index is 0.137. The number of hydrogen-bond donors (Lipinski definition) is 1. The summed E-state index contributed by atoms with van der Waals surface area (Å²) in [5.41, 5.74) is 0.379. The van der Waals surface area contributed by atoms with Crippen LogP contribution in [0.15, 0.2) is 24.3 Å². The van der Waals surface area contributed by atoms with Crippen LogP contribution in [0.3, 0.4) is 0 Å². The van der Waals surface area contributed by atoms with Crippen LogP contribution in [0.25, 0.3) is 0 Å². The largest absolute Gasteiger partial charge is 0.467 e. The fraction of sp³-hybridized carbons (Fsp3) is 0.500. The van der Waals surface area contributed by atoms with E-state index in [0.717, 1.165) is 25.7 Å². The summed E-state index contributed by atoms with van der Waals surface area (Å²) in [6.07, 6.45) is 5.22. The second kappa shape index (κ2) is 7.46. The first kappa shape index (κ1) is 15.8. The van der Waals surface area contributed by atoms with Gasteiger partial charge in [0.25, 0.3) is 5.91 Å². The van der Waals surface area contributed by atoms with Crippen LogP contribution in [0.4, 0.5) is 0 Å². The van der Waals surface area contributed by atoms with Crippen molar-refractivity contribution >= 4 is 23.5 Å². The molecule has 2 rings (SSSR count). The minimum Gasteiger partial charge on any atom is -0.467 e. The third-order valence-corrected chi connectivity index (χ3v) is 4.31. The average Bonchev–Trinajstić information content (AvgIpc) is 2.53. The Morgan fingerprint density at radius 1 is 1.24 bits per heavy atom. The van der Waals surface area contributed by atoms with Gasteiger partial charge in [-0.1, -0.05) is 43.0 Å². The molecule has 1 fully saturated rings. The molecule has 1 aliphatic carbocycles. The Hall–Kier alpha value is -1.55. The lowest BCUT2D eigenvalue weighted by molar-refractivity contribution is -0.144. The molecule has 0 unspecified atom stereocenters. The molecule has 1 N–H and O–H groups in total. The highest BCUT2D eigenvalue weighted by molar-refractivity contribution is 6.33. The lowest BCUT2D eigenvalue weighted by atomic mass is 9.83. The van der Waals surface area contributed by atoms with Crippen molar-refractivity contribution in [1.29, 1.82) is 0 Å². The fourth-order valence-electron chi connectivity index (χ4n) is 2.83. The standard InChI is InChI=1S/C16H20ClNO3/c1-21-16(20)14(11-7-3-2-4-8-11)18-15(19)12-9-5-6-10-13(12)17/h5-6,9-11,14H,2-4,7-8H2,1H3,(H,18,19)/t14-/m1/s1. The normalized spacial score (nSPS) is 17.0. The summed E-state index contributed by atoms with van der Waals surface area (Å²) in [6, 6.07) is 6.21. The van der Waals surface area contributed by atoms with Gasteiger partial charge in [-0.25, -0.2) is 4.79 Å². The lowest BCUT2D eigenvalue weighted by Crippen LogP contribution is -2.47. The van der Waals surface area contributed by atoms with Gasteiger partial charge in [-0.2, -0.15) is 0 Å². The van der Waals surface area contributed by atoms with Gasteiger partial charge in [-0.3, -0.25) is 4.79 Å². The van der Waals surface area contributed by atoms with Crippen molar-refractivity contribution in [2.75, 3.05) is 7.11 Å². The van der Waals surface area contributed by atoms with Crippen LogP contribution >= 0.6 is 11.6 Å². The highest BCUT2D eigenvalue weighted by atomic mass is 35.5. The summed E-state index contributed by atoms with van der Waals surface area (Å²) >= 11 is 6.02. The zero-order chi connectivity index (χ0) is 15.2. The Labute approximate surface area is 129 Å². The molecule has 1 atom stereocenters. The summed E-state index contributed by atoms with van der Waals surface area (Å²) in [5, 5.41) is 3.17. The van der Waals surface area contributed by atoms with E-state index in [0.29, 0.717) is 10.6 Å². The molecular weight excluding hydrogens is 290 g/mol. The van der Waals surface area contributed by atoms with Gasteiger partial charge in [0.15, 0.2) is 0 Å². The van der Waals surface area contributed by atoms with Gasteiger partial charge in [0.1, 0.15) is 6.04 Å². The number of benzene rings is 1. The molecule has 0 radical (unpaired) electrons. The van der Waals surface area contributed by atoms with E-state index in [9.17, 15) is 9.59 Å². The maximum Gasteiger partial charge on any atom is 0.328 e. The first-order chi connectivity index (χ1) is 10.1. The zero-order valence-electron chi connectivity index (χ0n) is 12.1. The van der Waals surface area contributed by atoms with E-state index in [1.165, 1.54) is 13.5 Å². The van der Waals surface area contributed by atoms with E-state index in [1.54, 1.807) is 24.3 Å². The molecular formula is C16H20ClNO3. The van der Waals surface area contributed by atoms with Crippen molar-refractivity contribution in [2.24, 2.45) is 5.92 Å². The number of carbonyl (C=O) groups excluding carboxylic acids is 2. The smallest absolute Gasteiger partial charge is 0.328 e. The summed E-state index contributed by atoms with van der Waals surface area (Å²) in [7, 11) is 1.35. The summed E-state index contributed by atoms with van der Waals surface area (Å²) in [6.45, 7) is 0. The van der Waals surface area contributed by atoms with Gasteiger partial charge in [0.2, 0.25) is 0 Å². The van der Waals surface area contributed by atoms with Crippen molar-refractivity contribution < 1.29 is 14.3 Å². The highest BCUT2D eigenvalue weighted by Gasteiger charge is 2.32. The fourth-order valence-corrected chi connectivity index (χ4v) is 3.05. The van der Waals surface area contributed by atoms with Crippen molar-refractivity contribution in [1.82, 2.24) is 5.32 Å². The Morgan fingerprint density at radius 3 is 2.52 bits per heavy atom. The van der Waals surface area contributed by atoms with Gasteiger partial charge < -0.3 is 10.1 Å². The van der Waals surface area contributed by atoms with Crippen LogP contribution in [0.5, 0.6) is 0 Å². The molecule has 0 aromatic heterocycles. The highest BCUT2D eigenvalue weighted by Crippen LogP contribution is 2.27. The molecule has 114 valence electrons. The van der Waals surface area contributed by atoms with E-state index >= 15 is 0 Å². The predicted molar refractivity (Wildman–Crippen MR) is 81.3 cm³/mol. The third kappa shape index (κ3) is 3.97. The van der Waals surface area contributed by atoms with Crippen LogP contribution in [0.2, 0.25) is 5.02 Å². The van der Waals surface area contributed by atoms with Crippen LogP contribution < -0.4 is 5.32 Å². The van der Waals surface area contributed by atoms with E-state index < -0.39 is 6.04 Å². The van der Waals surface area contributed by atoms with Crippen LogP contribution in [0, 0.1) is 5.92 Å². The number of ether oxygens (including phenoxy) is 1. The summed E-state index contributed by atoms with van der Waals surface area (Å²) in [5.74, 6) is -0.582. The van der Waals surface area contributed by atoms with Crippen molar-refractivity contribution in [3.8, 4) is 0 Å². The molecule has 0 saturated heterocycles. The molecule has 1 aliphatic rings. The number of amides is 1. The van der Waals surface area contributed by atoms with Crippen LogP contribution in [0.1, 0.15) is 42.5 Å². The van der Waals surface area contributed by atoms with Gasteiger partial charge >= 0.3 is 5.97 Å². The third-order valence-electron chi connectivity index (χ3n) is 3.98. The molecule has 0 aliphatic heterocycles. The second-order valence-corrected chi connectivity index (χ2v) is 5.76. The summed E-state index contributed by atoms with van der Waals surface area (Å²) in [4.78, 5) is 24.3. The van der Waals surface area contributed by atoms with Crippen molar-refractivity contribution in [2.45, 2.75) is 38.1 Å². The number of carbonyl (C=O) groups is 2. The molecule has 5 heteroatoms. The first-order valence-electron chi connectivity index (χ1n) is 7.26.